The number of benzene rings is 2. The van der Waals surface area contributed by atoms with Crippen molar-refractivity contribution in [2.45, 2.75) is 13.8 Å². The van der Waals surface area contributed by atoms with Crippen LogP contribution in [0.5, 0.6) is 0 Å². The van der Waals surface area contributed by atoms with Crippen molar-refractivity contribution >= 4 is 32.8 Å². The molecule has 0 amide bonds. The summed E-state index contributed by atoms with van der Waals surface area (Å²) in [4.78, 5) is 17.3. The first kappa shape index (κ1) is 14.7. The van der Waals surface area contributed by atoms with Crippen molar-refractivity contribution in [3.05, 3.63) is 62.4 Å². The first-order valence-electron chi connectivity index (χ1n) is 6.78. The van der Waals surface area contributed by atoms with Gasteiger partial charge in [-0.1, -0.05) is 33.6 Å². The molecule has 112 valence electrons. The highest BCUT2D eigenvalue weighted by Gasteiger charge is 2.14. The van der Waals surface area contributed by atoms with Gasteiger partial charge in [0.05, 0.1) is 16.6 Å². The van der Waals surface area contributed by atoms with E-state index in [4.69, 9.17) is 5.84 Å². The minimum absolute atomic E-state index is 0.161. The summed E-state index contributed by atoms with van der Waals surface area (Å²) in [5.74, 6) is 5.89. The summed E-state index contributed by atoms with van der Waals surface area (Å²) in [7, 11) is 0. The number of hydrogen-bond donors (Lipinski definition) is 2. The number of hydrazine groups is 1. The third kappa shape index (κ3) is 2.40. The number of aromatic nitrogens is 2. The monoisotopic (exact) mass is 358 g/mol. The lowest BCUT2D eigenvalue weighted by Gasteiger charge is -2.15. The van der Waals surface area contributed by atoms with Crippen molar-refractivity contribution in [3.8, 4) is 5.69 Å². The molecule has 0 aliphatic heterocycles. The molecule has 0 aliphatic rings. The van der Waals surface area contributed by atoms with Gasteiger partial charge >= 0.3 is 0 Å². The van der Waals surface area contributed by atoms with E-state index in [1.54, 1.807) is 12.1 Å². The van der Waals surface area contributed by atoms with E-state index in [0.29, 0.717) is 16.9 Å². The second kappa shape index (κ2) is 5.55. The summed E-state index contributed by atoms with van der Waals surface area (Å²) in [6.45, 7) is 3.97. The van der Waals surface area contributed by atoms with Crippen LogP contribution in [0.25, 0.3) is 16.6 Å². The summed E-state index contributed by atoms with van der Waals surface area (Å²) >= 11 is 3.39. The van der Waals surface area contributed by atoms with Crippen molar-refractivity contribution in [2.24, 2.45) is 5.84 Å². The normalized spacial score (nSPS) is 10.9. The Morgan fingerprint density at radius 1 is 1.18 bits per heavy atom. The van der Waals surface area contributed by atoms with Crippen molar-refractivity contribution in [1.29, 1.82) is 0 Å². The van der Waals surface area contributed by atoms with Crippen molar-refractivity contribution in [3.63, 3.8) is 0 Å². The molecule has 0 aliphatic carbocycles. The molecular weight excluding hydrogens is 344 g/mol. The number of halogens is 1. The van der Waals surface area contributed by atoms with Crippen LogP contribution in [0.4, 0.5) is 5.95 Å². The van der Waals surface area contributed by atoms with Crippen molar-refractivity contribution in [2.75, 3.05) is 5.43 Å². The highest BCUT2D eigenvalue weighted by Crippen LogP contribution is 2.21. The fraction of sp³-hybridized carbons (Fsp3) is 0.125. The summed E-state index contributed by atoms with van der Waals surface area (Å²) in [5.41, 5.74) is 5.84. The number of fused-ring (bicyclic) bond motifs is 1. The van der Waals surface area contributed by atoms with Gasteiger partial charge in [-0.05, 0) is 43.7 Å². The zero-order valence-electron chi connectivity index (χ0n) is 12.2. The van der Waals surface area contributed by atoms with Gasteiger partial charge in [-0.3, -0.25) is 10.2 Å². The van der Waals surface area contributed by atoms with E-state index >= 15 is 0 Å². The number of aryl methyl sites for hydroxylation is 2. The smallest absolute Gasteiger partial charge is 0.267 e. The van der Waals surface area contributed by atoms with Gasteiger partial charge in [-0.15, -0.1) is 0 Å². The largest absolute Gasteiger partial charge is 0.293 e. The molecule has 0 saturated heterocycles. The summed E-state index contributed by atoms with van der Waals surface area (Å²) in [6.07, 6.45) is 0. The van der Waals surface area contributed by atoms with E-state index in [2.05, 4.69) is 26.3 Å². The zero-order chi connectivity index (χ0) is 15.9. The summed E-state index contributed by atoms with van der Waals surface area (Å²) in [5, 5.41) is 0.536. The molecule has 1 aromatic heterocycles. The maximum atomic E-state index is 12.9. The minimum Gasteiger partial charge on any atom is -0.293 e. The molecule has 3 rings (SSSR count). The van der Waals surface area contributed by atoms with Crippen LogP contribution < -0.4 is 16.8 Å². The zero-order valence-corrected chi connectivity index (χ0v) is 13.8. The topological polar surface area (TPSA) is 72.9 Å². The van der Waals surface area contributed by atoms with Gasteiger partial charge in [0.2, 0.25) is 5.95 Å². The minimum atomic E-state index is -0.161. The highest BCUT2D eigenvalue weighted by atomic mass is 79.9. The highest BCUT2D eigenvalue weighted by molar-refractivity contribution is 9.10. The number of nitrogen functional groups attached to an aromatic ring is 1. The van der Waals surface area contributed by atoms with Gasteiger partial charge in [0, 0.05) is 4.47 Å². The third-order valence-corrected chi connectivity index (χ3v) is 4.05. The Kier molecular flexibility index (Phi) is 3.72. The lowest BCUT2D eigenvalue weighted by atomic mass is 10.1. The first-order chi connectivity index (χ1) is 10.5. The molecule has 0 spiro atoms. The van der Waals surface area contributed by atoms with Gasteiger partial charge in [0.1, 0.15) is 0 Å². The van der Waals surface area contributed by atoms with Gasteiger partial charge in [-0.2, -0.15) is 0 Å². The van der Waals surface area contributed by atoms with Gasteiger partial charge in [0.25, 0.3) is 5.56 Å². The van der Waals surface area contributed by atoms with Crippen LogP contribution in [0.2, 0.25) is 0 Å². The van der Waals surface area contributed by atoms with E-state index in [1.807, 2.05) is 38.1 Å². The van der Waals surface area contributed by atoms with Gasteiger partial charge in [-0.25, -0.2) is 15.4 Å². The molecule has 0 saturated carbocycles. The maximum Gasteiger partial charge on any atom is 0.267 e. The molecule has 22 heavy (non-hydrogen) atoms. The quantitative estimate of drug-likeness (QED) is 0.545. The second-order valence-corrected chi connectivity index (χ2v) is 6.09. The first-order valence-corrected chi connectivity index (χ1v) is 7.57. The van der Waals surface area contributed by atoms with Crippen molar-refractivity contribution < 1.29 is 0 Å². The predicted octanol–water partition coefficient (Wildman–Crippen LogP) is 3.05. The molecule has 2 aromatic carbocycles. The van der Waals surface area contributed by atoms with Crippen molar-refractivity contribution in [1.82, 2.24) is 9.55 Å². The average Bonchev–Trinajstić information content (AvgIpc) is 2.49. The molecule has 0 atom stereocenters. The van der Waals surface area contributed by atoms with Gasteiger partial charge in [0.15, 0.2) is 0 Å². The molecule has 0 bridgehead atoms. The van der Waals surface area contributed by atoms with Gasteiger partial charge < -0.3 is 0 Å². The summed E-state index contributed by atoms with van der Waals surface area (Å²) < 4.78 is 2.34. The molecule has 6 heteroatoms. The molecule has 0 fully saturated rings. The maximum absolute atomic E-state index is 12.9. The second-order valence-electron chi connectivity index (χ2n) is 5.17. The summed E-state index contributed by atoms with van der Waals surface area (Å²) in [6, 6.07) is 11.3. The van der Waals surface area contributed by atoms with Crippen LogP contribution in [-0.4, -0.2) is 9.55 Å². The van der Waals surface area contributed by atoms with Crippen LogP contribution in [0.1, 0.15) is 11.1 Å². The molecule has 0 radical (unpaired) electrons. The van der Waals surface area contributed by atoms with Crippen LogP contribution in [-0.2, 0) is 0 Å². The van der Waals surface area contributed by atoms with E-state index < -0.39 is 0 Å². The molecule has 3 aromatic rings. The van der Waals surface area contributed by atoms with E-state index in [0.717, 1.165) is 21.3 Å². The average molecular weight is 359 g/mol. The molecule has 0 unspecified atom stereocenters. The number of anilines is 1. The van der Waals surface area contributed by atoms with Crippen LogP contribution in [0.15, 0.2) is 45.7 Å². The SMILES string of the molecule is Cc1ccc(-n2c(NN)nc3ccc(Br)cc3c2=O)c(C)c1. The Morgan fingerprint density at radius 3 is 2.64 bits per heavy atom. The predicted molar refractivity (Wildman–Crippen MR) is 92.3 cm³/mol. The molecular formula is C16H15BrN4O. The number of rotatable bonds is 2. The lowest BCUT2D eigenvalue weighted by Crippen LogP contribution is -2.26. The third-order valence-electron chi connectivity index (χ3n) is 3.55. The van der Waals surface area contributed by atoms with Crippen LogP contribution in [0, 0.1) is 13.8 Å². The Hall–Kier alpha value is -2.18. The van der Waals surface area contributed by atoms with Crippen LogP contribution in [0.3, 0.4) is 0 Å². The molecule has 3 N–H and O–H groups in total. The number of nitrogens with two attached hydrogens (primary N) is 1. The van der Waals surface area contributed by atoms with E-state index in [9.17, 15) is 4.79 Å². The van der Waals surface area contributed by atoms with E-state index in [1.165, 1.54) is 4.57 Å². The fourth-order valence-corrected chi connectivity index (χ4v) is 2.90. The number of nitrogens with zero attached hydrogens (tertiary/aromatic N) is 2. The molecule has 1 heterocycles. The number of nitrogens with one attached hydrogen (secondary N) is 1. The lowest BCUT2D eigenvalue weighted by molar-refractivity contribution is 0.945. The fourth-order valence-electron chi connectivity index (χ4n) is 2.53. The standard InChI is InChI=1S/C16H15BrN4O/c1-9-3-6-14(10(2)7-9)21-15(22)12-8-11(17)4-5-13(12)19-16(21)20-18/h3-8H,18H2,1-2H3,(H,19,20). The Morgan fingerprint density at radius 2 is 1.95 bits per heavy atom. The Balaban J connectivity index is 2.41. The van der Waals surface area contributed by atoms with Crippen LogP contribution >= 0.6 is 15.9 Å². The Bertz CT molecular complexity index is 933. The molecule has 5 nitrogen and oxygen atoms in total. The Labute approximate surface area is 135 Å². The number of hydrogen-bond acceptors (Lipinski definition) is 4. The van der Waals surface area contributed by atoms with E-state index in [-0.39, 0.29) is 5.56 Å².